The van der Waals surface area contributed by atoms with Crippen LogP contribution in [0.2, 0.25) is 0 Å². The molecule has 5 nitrogen and oxygen atoms in total. The number of halogens is 2. The Morgan fingerprint density at radius 3 is 2.83 bits per heavy atom. The van der Waals surface area contributed by atoms with Gasteiger partial charge in [-0.15, -0.1) is 10.2 Å². The molecule has 0 bridgehead atoms. The third-order valence-electron chi connectivity index (χ3n) is 2.03. The lowest BCUT2D eigenvalue weighted by Gasteiger charge is -2.06. The molecule has 0 saturated heterocycles. The molecule has 0 spiro atoms. The minimum atomic E-state index is -0.518. The number of anilines is 2. The van der Waals surface area contributed by atoms with Gasteiger partial charge in [0, 0.05) is 11.5 Å². The van der Waals surface area contributed by atoms with Crippen molar-refractivity contribution in [2.45, 2.75) is 0 Å². The minimum absolute atomic E-state index is 0.0868. The van der Waals surface area contributed by atoms with E-state index in [0.717, 1.165) is 11.3 Å². The first-order chi connectivity index (χ1) is 8.61. The third-order valence-corrected chi connectivity index (χ3v) is 3.63. The Hall–Kier alpha value is -1.54. The Morgan fingerprint density at radius 2 is 2.22 bits per heavy atom. The summed E-state index contributed by atoms with van der Waals surface area (Å²) in [5.41, 5.74) is 0.0868. The van der Waals surface area contributed by atoms with E-state index in [-0.39, 0.29) is 10.7 Å². The quantitative estimate of drug-likeness (QED) is 0.908. The maximum absolute atomic E-state index is 13.5. The zero-order chi connectivity index (χ0) is 13.1. The van der Waals surface area contributed by atoms with Gasteiger partial charge in [-0.05, 0) is 28.1 Å². The molecular weight excluding hydrogens is 323 g/mol. The number of benzene rings is 1. The summed E-state index contributed by atoms with van der Waals surface area (Å²) in [7, 11) is 1.68. The molecule has 8 heteroatoms. The fourth-order valence-electron chi connectivity index (χ4n) is 1.20. The molecule has 0 aliphatic heterocycles. The van der Waals surface area contributed by atoms with Gasteiger partial charge < -0.3 is 10.6 Å². The maximum atomic E-state index is 13.5. The van der Waals surface area contributed by atoms with Gasteiger partial charge in [0.2, 0.25) is 10.1 Å². The molecule has 2 N–H and O–H groups in total. The Morgan fingerprint density at radius 1 is 1.44 bits per heavy atom. The number of nitrogens with one attached hydrogen (secondary N) is 2. The lowest BCUT2D eigenvalue weighted by atomic mass is 10.3. The molecule has 1 aromatic carbocycles. The van der Waals surface area contributed by atoms with Crippen LogP contribution in [-0.2, 0) is 0 Å². The number of para-hydroxylation sites is 1. The number of rotatable bonds is 3. The molecular formula is C10H8BrFN4OS. The van der Waals surface area contributed by atoms with E-state index in [2.05, 4.69) is 36.8 Å². The SMILES string of the molecule is CNc1nnc(C(=O)Nc2c(F)cccc2Br)s1. The molecule has 1 amide bonds. The van der Waals surface area contributed by atoms with Crippen molar-refractivity contribution in [1.29, 1.82) is 0 Å². The van der Waals surface area contributed by atoms with E-state index in [1.807, 2.05) is 0 Å². The van der Waals surface area contributed by atoms with Crippen molar-refractivity contribution in [3.63, 3.8) is 0 Å². The normalized spacial score (nSPS) is 10.2. The molecule has 1 heterocycles. The summed E-state index contributed by atoms with van der Waals surface area (Å²) in [4.78, 5) is 11.8. The van der Waals surface area contributed by atoms with E-state index in [1.54, 1.807) is 19.2 Å². The van der Waals surface area contributed by atoms with Crippen LogP contribution in [0.1, 0.15) is 9.80 Å². The summed E-state index contributed by atoms with van der Waals surface area (Å²) in [6, 6.07) is 4.44. The number of nitrogens with zero attached hydrogens (tertiary/aromatic N) is 2. The summed E-state index contributed by atoms with van der Waals surface area (Å²) < 4.78 is 14.0. The second kappa shape index (κ2) is 5.40. The zero-order valence-electron chi connectivity index (χ0n) is 9.20. The van der Waals surface area contributed by atoms with Gasteiger partial charge in [0.15, 0.2) is 0 Å². The van der Waals surface area contributed by atoms with Gasteiger partial charge in [-0.2, -0.15) is 0 Å². The first-order valence-corrected chi connectivity index (χ1v) is 6.49. The van der Waals surface area contributed by atoms with Crippen molar-refractivity contribution in [2.75, 3.05) is 17.7 Å². The topological polar surface area (TPSA) is 66.9 Å². The van der Waals surface area contributed by atoms with Crippen LogP contribution < -0.4 is 10.6 Å². The second-order valence-corrected chi connectivity index (χ2v) is 5.05. The standard InChI is InChI=1S/C10H8BrFN4OS/c1-13-10-16-15-9(18-10)8(17)14-7-5(11)3-2-4-6(7)12/h2-4H,1H3,(H,13,16)(H,14,17). The summed E-state index contributed by atoms with van der Waals surface area (Å²) >= 11 is 4.26. The average Bonchev–Trinajstić information content (AvgIpc) is 2.82. The fraction of sp³-hybridized carbons (Fsp3) is 0.100. The van der Waals surface area contributed by atoms with E-state index in [9.17, 15) is 9.18 Å². The molecule has 0 saturated carbocycles. The molecule has 0 fully saturated rings. The molecule has 0 radical (unpaired) electrons. The van der Waals surface area contributed by atoms with Crippen molar-refractivity contribution < 1.29 is 9.18 Å². The van der Waals surface area contributed by atoms with Crippen molar-refractivity contribution in [3.05, 3.63) is 33.5 Å². The number of aromatic nitrogens is 2. The predicted molar refractivity (Wildman–Crippen MR) is 71.5 cm³/mol. The highest BCUT2D eigenvalue weighted by Crippen LogP contribution is 2.26. The van der Waals surface area contributed by atoms with Crippen molar-refractivity contribution in [1.82, 2.24) is 10.2 Å². The number of hydrogen-bond donors (Lipinski definition) is 2. The van der Waals surface area contributed by atoms with Crippen LogP contribution in [0.3, 0.4) is 0 Å². The van der Waals surface area contributed by atoms with E-state index >= 15 is 0 Å². The van der Waals surface area contributed by atoms with Gasteiger partial charge in [0.25, 0.3) is 5.91 Å². The van der Waals surface area contributed by atoms with Crippen LogP contribution in [0, 0.1) is 5.82 Å². The fourth-order valence-corrected chi connectivity index (χ4v) is 2.23. The number of carbonyl (C=O) groups excluding carboxylic acids is 1. The summed E-state index contributed by atoms with van der Waals surface area (Å²) in [6.45, 7) is 0. The smallest absolute Gasteiger partial charge is 0.286 e. The van der Waals surface area contributed by atoms with E-state index in [0.29, 0.717) is 9.60 Å². The number of hydrogen-bond acceptors (Lipinski definition) is 5. The third kappa shape index (κ3) is 2.65. The highest BCUT2D eigenvalue weighted by Gasteiger charge is 2.15. The molecule has 0 unspecified atom stereocenters. The zero-order valence-corrected chi connectivity index (χ0v) is 11.6. The second-order valence-electron chi connectivity index (χ2n) is 3.21. The lowest BCUT2D eigenvalue weighted by molar-refractivity contribution is 0.102. The van der Waals surface area contributed by atoms with Crippen molar-refractivity contribution in [3.8, 4) is 0 Å². The van der Waals surface area contributed by atoms with Crippen LogP contribution >= 0.6 is 27.3 Å². The summed E-state index contributed by atoms with van der Waals surface area (Å²) in [6.07, 6.45) is 0. The van der Waals surface area contributed by atoms with Crippen LogP contribution in [0.5, 0.6) is 0 Å². The molecule has 1 aromatic heterocycles. The van der Waals surface area contributed by atoms with Crippen LogP contribution in [0.4, 0.5) is 15.2 Å². The van der Waals surface area contributed by atoms with Gasteiger partial charge in [0.1, 0.15) is 5.82 Å². The molecule has 0 aliphatic rings. The molecule has 2 rings (SSSR count). The Labute approximate surface area is 115 Å². The predicted octanol–water partition coefficient (Wildman–Crippen LogP) is 2.73. The number of carbonyl (C=O) groups is 1. The molecule has 18 heavy (non-hydrogen) atoms. The van der Waals surface area contributed by atoms with E-state index in [1.165, 1.54) is 6.07 Å². The van der Waals surface area contributed by atoms with Gasteiger partial charge in [-0.3, -0.25) is 4.79 Å². The molecule has 0 atom stereocenters. The van der Waals surface area contributed by atoms with Crippen molar-refractivity contribution in [2.24, 2.45) is 0 Å². The Bertz CT molecular complexity index is 569. The minimum Gasteiger partial charge on any atom is -0.363 e. The average molecular weight is 331 g/mol. The van der Waals surface area contributed by atoms with Gasteiger partial charge in [-0.25, -0.2) is 4.39 Å². The molecule has 94 valence electrons. The first kappa shape index (κ1) is 12.9. The van der Waals surface area contributed by atoms with Crippen molar-refractivity contribution >= 4 is 44.0 Å². The van der Waals surface area contributed by atoms with Gasteiger partial charge in [-0.1, -0.05) is 17.4 Å². The first-order valence-electron chi connectivity index (χ1n) is 4.88. The number of amides is 1. The van der Waals surface area contributed by atoms with E-state index in [4.69, 9.17) is 0 Å². The van der Waals surface area contributed by atoms with Gasteiger partial charge in [0.05, 0.1) is 5.69 Å². The monoisotopic (exact) mass is 330 g/mol. The van der Waals surface area contributed by atoms with E-state index < -0.39 is 11.7 Å². The van der Waals surface area contributed by atoms with Crippen LogP contribution in [0.25, 0.3) is 0 Å². The van der Waals surface area contributed by atoms with Crippen LogP contribution in [0.15, 0.2) is 22.7 Å². The summed E-state index contributed by atoms with van der Waals surface area (Å²) in [5.74, 6) is -1.02. The Kier molecular flexibility index (Phi) is 3.87. The summed E-state index contributed by atoms with van der Waals surface area (Å²) in [5, 5.41) is 13.3. The van der Waals surface area contributed by atoms with Gasteiger partial charge >= 0.3 is 0 Å². The highest BCUT2D eigenvalue weighted by molar-refractivity contribution is 9.10. The molecule has 0 aliphatic carbocycles. The maximum Gasteiger partial charge on any atom is 0.286 e. The Balaban J connectivity index is 2.21. The van der Waals surface area contributed by atoms with Crippen LogP contribution in [-0.4, -0.2) is 23.2 Å². The largest absolute Gasteiger partial charge is 0.363 e. The molecule has 2 aromatic rings. The lowest BCUT2D eigenvalue weighted by Crippen LogP contribution is -2.13. The highest BCUT2D eigenvalue weighted by atomic mass is 79.9.